The van der Waals surface area contributed by atoms with E-state index >= 15 is 0 Å². The number of unbranched alkanes of at least 4 members (excludes halogenated alkanes) is 15. The minimum absolute atomic E-state index is 0.0879. The molecule has 7 heteroatoms. The van der Waals surface area contributed by atoms with Gasteiger partial charge in [0.25, 0.3) is 0 Å². The van der Waals surface area contributed by atoms with Crippen molar-refractivity contribution in [1.82, 2.24) is 5.32 Å². The van der Waals surface area contributed by atoms with Gasteiger partial charge >= 0.3 is 11.9 Å². The van der Waals surface area contributed by atoms with Crippen LogP contribution in [0.1, 0.15) is 174 Å². The highest BCUT2D eigenvalue weighted by Crippen LogP contribution is 2.15. The van der Waals surface area contributed by atoms with Crippen molar-refractivity contribution in [3.8, 4) is 0 Å². The van der Waals surface area contributed by atoms with Gasteiger partial charge in [0.15, 0.2) is 0 Å². The molecule has 0 aliphatic carbocycles. The van der Waals surface area contributed by atoms with Gasteiger partial charge in [0, 0.05) is 12.8 Å². The number of rotatable bonds is 33. The first-order valence-corrected chi connectivity index (χ1v) is 18.8. The summed E-state index contributed by atoms with van der Waals surface area (Å²) in [5, 5.41) is 11.9. The first kappa shape index (κ1) is 43.6. The van der Waals surface area contributed by atoms with Crippen molar-refractivity contribution in [1.29, 1.82) is 0 Å². The maximum Gasteiger partial charge on any atom is 0.326 e. The molecule has 0 heterocycles. The van der Waals surface area contributed by atoms with Gasteiger partial charge in [-0.05, 0) is 89.7 Å². The predicted octanol–water partition coefficient (Wildman–Crippen LogP) is 9.89. The molecule has 46 heavy (non-hydrogen) atoms. The number of hydrogen-bond acceptors (Lipinski definition) is 5. The van der Waals surface area contributed by atoms with Crippen LogP contribution in [0.15, 0.2) is 36.5 Å². The Kier molecular flexibility index (Phi) is 32.2. The Morgan fingerprint density at radius 1 is 0.652 bits per heavy atom. The predicted molar refractivity (Wildman–Crippen MR) is 193 cm³/mol. The standard InChI is InChI=1S/C39H70N2O5/c1-3-5-7-9-11-13-15-17-23-27-33-38(43)46-35(29-24-20-16-14-12-10-8-6-4-2)30-25-21-18-19-22-26-32-37(42)41-36(39(44)45)31-28-34-40/h7,9,14,16,24,29,35-36H,3-6,8,10-13,15,17-23,25-28,30-34,40H2,1-2H3,(H,41,42)(H,44,45)/b9-7-,16-14-,29-24-. The Labute approximate surface area is 282 Å². The molecule has 0 saturated carbocycles. The second-order valence-corrected chi connectivity index (χ2v) is 12.6. The van der Waals surface area contributed by atoms with E-state index in [9.17, 15) is 19.5 Å². The van der Waals surface area contributed by atoms with E-state index in [1.807, 2.05) is 0 Å². The van der Waals surface area contributed by atoms with Crippen molar-refractivity contribution in [3.63, 3.8) is 0 Å². The van der Waals surface area contributed by atoms with Crippen LogP contribution in [0.2, 0.25) is 0 Å². The lowest BCUT2D eigenvalue weighted by molar-refractivity contribution is -0.147. The number of carbonyl (C=O) groups is 3. The van der Waals surface area contributed by atoms with Crippen LogP contribution in [0.4, 0.5) is 0 Å². The molecule has 0 aromatic rings. The summed E-state index contributed by atoms with van der Waals surface area (Å²) in [6.45, 7) is 4.84. The van der Waals surface area contributed by atoms with Crippen LogP contribution in [-0.2, 0) is 19.1 Å². The van der Waals surface area contributed by atoms with Gasteiger partial charge in [0.1, 0.15) is 12.1 Å². The maximum atomic E-state index is 12.6. The van der Waals surface area contributed by atoms with E-state index in [4.69, 9.17) is 10.5 Å². The summed E-state index contributed by atoms with van der Waals surface area (Å²) in [4.78, 5) is 36.0. The van der Waals surface area contributed by atoms with Gasteiger partial charge in [-0.15, -0.1) is 0 Å². The number of allylic oxidation sites excluding steroid dienone is 5. The van der Waals surface area contributed by atoms with Crippen LogP contribution in [-0.4, -0.2) is 41.6 Å². The van der Waals surface area contributed by atoms with Gasteiger partial charge in [-0.3, -0.25) is 9.59 Å². The number of carbonyl (C=O) groups excluding carboxylic acids is 2. The average Bonchev–Trinajstić information content (AvgIpc) is 3.03. The van der Waals surface area contributed by atoms with Gasteiger partial charge in [0.05, 0.1) is 0 Å². The van der Waals surface area contributed by atoms with Gasteiger partial charge in [-0.1, -0.05) is 115 Å². The summed E-state index contributed by atoms with van der Waals surface area (Å²) in [7, 11) is 0. The molecule has 0 fully saturated rings. The molecule has 0 rings (SSSR count). The molecule has 0 saturated heterocycles. The molecule has 2 unspecified atom stereocenters. The zero-order valence-electron chi connectivity index (χ0n) is 29.7. The molecular weight excluding hydrogens is 576 g/mol. The van der Waals surface area contributed by atoms with Gasteiger partial charge in [-0.25, -0.2) is 4.79 Å². The molecular formula is C39H70N2O5. The normalized spacial score (nSPS) is 13.1. The molecule has 7 nitrogen and oxygen atoms in total. The number of carboxylic acids is 1. The molecule has 0 radical (unpaired) electrons. The largest absolute Gasteiger partial charge is 0.480 e. The number of hydrogen-bond donors (Lipinski definition) is 3. The summed E-state index contributed by atoms with van der Waals surface area (Å²) in [6.07, 6.45) is 37.7. The zero-order valence-corrected chi connectivity index (χ0v) is 29.7. The second-order valence-electron chi connectivity index (χ2n) is 12.6. The average molecular weight is 647 g/mol. The van der Waals surface area contributed by atoms with Crippen LogP contribution < -0.4 is 11.1 Å². The Morgan fingerprint density at radius 3 is 1.89 bits per heavy atom. The van der Waals surface area contributed by atoms with Crippen molar-refractivity contribution < 1.29 is 24.2 Å². The van der Waals surface area contributed by atoms with Crippen LogP contribution in [0.5, 0.6) is 0 Å². The summed E-state index contributed by atoms with van der Waals surface area (Å²) >= 11 is 0. The Balaban J connectivity index is 4.38. The third-order valence-corrected chi connectivity index (χ3v) is 8.14. The lowest BCUT2D eigenvalue weighted by Gasteiger charge is -2.15. The molecule has 1 amide bonds. The molecule has 0 aromatic heterocycles. The fourth-order valence-electron chi connectivity index (χ4n) is 5.28. The number of amides is 1. The van der Waals surface area contributed by atoms with Gasteiger partial charge < -0.3 is 20.9 Å². The number of ether oxygens (including phenoxy) is 1. The molecule has 0 aromatic carbocycles. The van der Waals surface area contributed by atoms with E-state index in [2.05, 4.69) is 55.6 Å². The fraction of sp³-hybridized carbons (Fsp3) is 0.769. The zero-order chi connectivity index (χ0) is 33.9. The minimum atomic E-state index is -1.01. The second kappa shape index (κ2) is 33.9. The Hall–Kier alpha value is -2.41. The van der Waals surface area contributed by atoms with Crippen LogP contribution in [0.25, 0.3) is 0 Å². The van der Waals surface area contributed by atoms with Crippen molar-refractivity contribution in [2.45, 2.75) is 187 Å². The molecule has 0 aliphatic rings. The van der Waals surface area contributed by atoms with Crippen LogP contribution in [0, 0.1) is 0 Å². The lowest BCUT2D eigenvalue weighted by atomic mass is 10.0. The molecule has 4 N–H and O–H groups in total. The highest BCUT2D eigenvalue weighted by atomic mass is 16.5. The number of nitrogens with one attached hydrogen (secondary N) is 1. The van der Waals surface area contributed by atoms with E-state index in [0.717, 1.165) is 77.0 Å². The smallest absolute Gasteiger partial charge is 0.326 e. The van der Waals surface area contributed by atoms with Crippen LogP contribution >= 0.6 is 0 Å². The summed E-state index contributed by atoms with van der Waals surface area (Å²) in [5.74, 6) is -1.30. The highest BCUT2D eigenvalue weighted by Gasteiger charge is 2.18. The Morgan fingerprint density at radius 2 is 1.24 bits per heavy atom. The topological polar surface area (TPSA) is 119 Å². The summed E-state index contributed by atoms with van der Waals surface area (Å²) in [5.41, 5.74) is 5.46. The third-order valence-electron chi connectivity index (χ3n) is 8.14. The van der Waals surface area contributed by atoms with Crippen molar-refractivity contribution >= 4 is 17.8 Å². The van der Waals surface area contributed by atoms with Gasteiger partial charge in [-0.2, -0.15) is 0 Å². The maximum absolute atomic E-state index is 12.6. The number of nitrogens with two attached hydrogens (primary N) is 1. The first-order chi connectivity index (χ1) is 22.4. The molecule has 0 bridgehead atoms. The highest BCUT2D eigenvalue weighted by molar-refractivity contribution is 5.83. The number of carboxylic acid groups (broad SMARTS) is 1. The molecule has 0 aliphatic heterocycles. The van der Waals surface area contributed by atoms with E-state index in [0.29, 0.717) is 32.2 Å². The fourth-order valence-corrected chi connectivity index (χ4v) is 5.28. The lowest BCUT2D eigenvalue weighted by Crippen LogP contribution is -2.40. The first-order valence-electron chi connectivity index (χ1n) is 18.8. The summed E-state index contributed by atoms with van der Waals surface area (Å²) in [6, 6.07) is -0.855. The molecule has 2 atom stereocenters. The van der Waals surface area contributed by atoms with E-state index in [-0.39, 0.29) is 18.0 Å². The third kappa shape index (κ3) is 30.3. The SMILES string of the molecule is CCC/C=C\CCCCCCCC(=O)OC(/C=C\C/C=C\CCCCCC)CCCCCCCCC(=O)NC(CCCN)C(=O)O. The number of esters is 1. The van der Waals surface area contributed by atoms with E-state index < -0.39 is 12.0 Å². The van der Waals surface area contributed by atoms with Crippen molar-refractivity contribution in [3.05, 3.63) is 36.5 Å². The quantitative estimate of drug-likeness (QED) is 0.0371. The van der Waals surface area contributed by atoms with Gasteiger partial charge in [0.2, 0.25) is 5.91 Å². The summed E-state index contributed by atoms with van der Waals surface area (Å²) < 4.78 is 5.90. The van der Waals surface area contributed by atoms with Crippen LogP contribution in [0.3, 0.4) is 0 Å². The van der Waals surface area contributed by atoms with Crippen molar-refractivity contribution in [2.24, 2.45) is 5.73 Å². The Bertz CT molecular complexity index is 823. The minimum Gasteiger partial charge on any atom is -0.480 e. The van der Waals surface area contributed by atoms with E-state index in [1.54, 1.807) is 0 Å². The molecule has 266 valence electrons. The van der Waals surface area contributed by atoms with Crippen molar-refractivity contribution in [2.75, 3.05) is 6.54 Å². The number of aliphatic carboxylic acids is 1. The monoisotopic (exact) mass is 647 g/mol. The van der Waals surface area contributed by atoms with E-state index in [1.165, 1.54) is 57.8 Å². The molecule has 0 spiro atoms.